The SMILES string of the molecule is [2H]N(c1ccc(N2CCOCC2)c(F)c1)C([2H])([2H])C1([2H])C([2H])([2H])C2([2H])CCC([2H])(N2Cc2ccc(C(F)(F)F)cc2)C1([2H])[2H]. The zero-order chi connectivity index (χ0) is 32.7. The molecule has 0 spiro atoms. The Hall–Kier alpha value is -2.32. The van der Waals surface area contributed by atoms with Gasteiger partial charge in [0.25, 0.3) is 0 Å². The quantitative estimate of drug-likeness (QED) is 0.542. The Morgan fingerprint density at radius 3 is 2.38 bits per heavy atom. The van der Waals surface area contributed by atoms with Crippen LogP contribution in [0.1, 0.15) is 49.1 Å². The van der Waals surface area contributed by atoms with E-state index in [2.05, 4.69) is 0 Å². The van der Waals surface area contributed by atoms with Crippen molar-refractivity contribution in [2.75, 3.05) is 43.0 Å². The van der Waals surface area contributed by atoms with Crippen LogP contribution in [0, 0.1) is 11.7 Å². The van der Waals surface area contributed by atoms with Gasteiger partial charge in [-0.15, -0.1) is 0 Å². The smallest absolute Gasteiger partial charge is 0.385 e. The molecule has 34 heavy (non-hydrogen) atoms. The molecule has 8 heteroatoms. The first-order chi connectivity index (χ1) is 20.2. The topological polar surface area (TPSA) is 27.7 Å². The highest BCUT2D eigenvalue weighted by Crippen LogP contribution is 2.40. The van der Waals surface area contributed by atoms with Crippen molar-refractivity contribution < 1.29 is 36.0 Å². The summed E-state index contributed by atoms with van der Waals surface area (Å²) in [6.45, 7) is -2.60. The van der Waals surface area contributed by atoms with Crippen molar-refractivity contribution in [3.63, 3.8) is 0 Å². The highest BCUT2D eigenvalue weighted by Gasteiger charge is 2.40. The summed E-state index contributed by atoms with van der Waals surface area (Å²) >= 11 is 0. The Morgan fingerprint density at radius 1 is 1.09 bits per heavy atom. The Balaban J connectivity index is 1.53. The second-order valence-corrected chi connectivity index (χ2v) is 8.26. The molecule has 3 aliphatic heterocycles. The fraction of sp³-hybridized carbons (Fsp3) is 0.538. The second-order valence-electron chi connectivity index (χ2n) is 8.26. The molecule has 0 radical (unpaired) electrons. The van der Waals surface area contributed by atoms with Crippen LogP contribution in [0.25, 0.3) is 0 Å². The lowest BCUT2D eigenvalue weighted by molar-refractivity contribution is -0.137. The first-order valence-electron chi connectivity index (χ1n) is 16.0. The van der Waals surface area contributed by atoms with Crippen LogP contribution >= 0.6 is 0 Å². The van der Waals surface area contributed by atoms with Gasteiger partial charge in [0, 0.05) is 56.2 Å². The summed E-state index contributed by atoms with van der Waals surface area (Å²) in [4.78, 5) is 2.52. The van der Waals surface area contributed by atoms with Crippen molar-refractivity contribution in [2.24, 2.45) is 5.89 Å². The lowest BCUT2D eigenvalue weighted by atomic mass is 9.90. The van der Waals surface area contributed by atoms with Crippen LogP contribution in [0.3, 0.4) is 0 Å². The second kappa shape index (κ2) is 9.74. The molecule has 0 aromatic heterocycles. The summed E-state index contributed by atoms with van der Waals surface area (Å²) in [7, 11) is 0. The molecule has 3 saturated heterocycles. The summed E-state index contributed by atoms with van der Waals surface area (Å²) in [5, 5.41) is 0.0134. The summed E-state index contributed by atoms with van der Waals surface area (Å²) in [6.07, 6.45) is -12.4. The predicted molar refractivity (Wildman–Crippen MR) is 124 cm³/mol. The average Bonchev–Trinajstić information content (AvgIpc) is 3.22. The van der Waals surface area contributed by atoms with Crippen LogP contribution < -0.4 is 10.2 Å². The van der Waals surface area contributed by atoms with Gasteiger partial charge in [0.15, 0.2) is 1.41 Å². The van der Waals surface area contributed by atoms with Crippen LogP contribution in [0.4, 0.5) is 28.9 Å². The number of rotatable bonds is 6. The number of nitrogens with one attached hydrogen (secondary N) is 1. The summed E-state index contributed by atoms with van der Waals surface area (Å²) < 4.78 is 149. The van der Waals surface area contributed by atoms with Gasteiger partial charge in [0.2, 0.25) is 0 Å². The predicted octanol–water partition coefficient (Wildman–Crippen LogP) is 5.54. The molecular formula is C26H31F4N3O. The van der Waals surface area contributed by atoms with E-state index in [1.54, 1.807) is 4.90 Å². The number of alkyl halides is 3. The van der Waals surface area contributed by atoms with Crippen LogP contribution in [-0.2, 0) is 17.5 Å². The minimum Gasteiger partial charge on any atom is -0.385 e. The molecule has 2 atom stereocenters. The zero-order valence-electron chi connectivity index (χ0n) is 28.3. The standard InChI is InChI=1S/C26H31F4N3O/c27-24-15-21(5-8-25(24)32-9-11-34-12-10-32)31-16-19-13-22-6-7-23(14-19)33(22)17-18-1-3-20(4-2-18)26(28,29)30/h1-5,8,15,19,22-23,31H,6-7,9-14,16-17H2/i13D2,14D2,16D2,19D,22D,23D/hD. The highest BCUT2D eigenvalue weighted by atomic mass is 19.4. The van der Waals surface area contributed by atoms with Crippen molar-refractivity contribution in [1.82, 2.24) is 4.90 Å². The Labute approximate surface area is 212 Å². The fourth-order valence-corrected chi connectivity index (χ4v) is 4.22. The van der Waals surface area contributed by atoms with Gasteiger partial charge in [0.1, 0.15) is 5.82 Å². The number of nitrogens with zero attached hydrogens (tertiary/aromatic N) is 2. The molecule has 3 fully saturated rings. The summed E-state index contributed by atoms with van der Waals surface area (Å²) in [6, 6.07) is 1.81. The number of morpholine rings is 1. The maximum Gasteiger partial charge on any atom is 0.416 e. The van der Waals surface area contributed by atoms with E-state index in [1.807, 2.05) is 0 Å². The minimum absolute atomic E-state index is 0.0134. The van der Waals surface area contributed by atoms with E-state index in [1.165, 1.54) is 12.1 Å². The number of hydrogen-bond acceptors (Lipinski definition) is 4. The van der Waals surface area contributed by atoms with Gasteiger partial charge >= 0.3 is 6.18 Å². The number of hydrogen-bond donors (Lipinski definition) is 1. The van der Waals surface area contributed by atoms with Gasteiger partial charge in [-0.05, 0) is 67.4 Å². The molecule has 2 aromatic carbocycles. The lowest BCUT2D eigenvalue weighted by Crippen LogP contribution is -2.43. The van der Waals surface area contributed by atoms with Gasteiger partial charge < -0.3 is 14.9 Å². The Bertz CT molecular complexity index is 1380. The molecule has 3 heterocycles. The van der Waals surface area contributed by atoms with E-state index in [4.69, 9.17) is 17.1 Å². The van der Waals surface area contributed by atoms with E-state index in [-0.39, 0.29) is 16.6 Å². The third kappa shape index (κ3) is 5.18. The molecule has 3 aliphatic rings. The lowest BCUT2D eigenvalue weighted by Gasteiger charge is -2.39. The third-order valence-corrected chi connectivity index (χ3v) is 5.99. The summed E-state index contributed by atoms with van der Waals surface area (Å²) in [5.74, 6) is -4.44. The van der Waals surface area contributed by atoms with Crippen molar-refractivity contribution in [3.8, 4) is 0 Å². The van der Waals surface area contributed by atoms with Crippen LogP contribution in [0.5, 0.6) is 0 Å². The number of ether oxygens (including phenoxy) is 1. The molecule has 2 unspecified atom stereocenters. The molecule has 0 aliphatic carbocycles. The van der Waals surface area contributed by atoms with Crippen LogP contribution in [-0.4, -0.2) is 49.7 Å². The number of fused-ring (bicyclic) bond motifs is 2. The monoisotopic (exact) mass is 487 g/mol. The first kappa shape index (κ1) is 14.3. The van der Waals surface area contributed by atoms with E-state index in [0.717, 1.165) is 35.2 Å². The van der Waals surface area contributed by atoms with Crippen LogP contribution in [0.15, 0.2) is 42.5 Å². The van der Waals surface area contributed by atoms with Gasteiger partial charge in [-0.25, -0.2) is 4.39 Å². The number of anilines is 2. The van der Waals surface area contributed by atoms with Gasteiger partial charge in [-0.1, -0.05) is 12.1 Å². The highest BCUT2D eigenvalue weighted by molar-refractivity contribution is 5.56. The number of benzene rings is 2. The van der Waals surface area contributed by atoms with Gasteiger partial charge in [0.05, 0.1) is 24.5 Å². The molecule has 0 saturated carbocycles. The molecule has 2 bridgehead atoms. The van der Waals surface area contributed by atoms with Crippen molar-refractivity contribution in [2.45, 2.75) is 50.3 Å². The molecule has 184 valence electrons. The Kier molecular flexibility index (Phi) is 4.09. The maximum atomic E-state index is 15.2. The van der Waals surface area contributed by atoms with Crippen molar-refractivity contribution >= 4 is 11.4 Å². The van der Waals surface area contributed by atoms with E-state index < -0.39 is 79.8 Å². The largest absolute Gasteiger partial charge is 0.416 e. The molecule has 2 aromatic rings. The fourth-order valence-electron chi connectivity index (χ4n) is 4.22. The molecule has 4 nitrogen and oxygen atoms in total. The molecule has 5 rings (SSSR count). The number of piperidine rings is 1. The van der Waals surface area contributed by atoms with Crippen molar-refractivity contribution in [1.29, 1.82) is 0 Å². The van der Waals surface area contributed by atoms with E-state index in [0.29, 0.717) is 26.3 Å². The Morgan fingerprint density at radius 2 is 1.76 bits per heavy atom. The molecule has 0 amide bonds. The van der Waals surface area contributed by atoms with Crippen LogP contribution in [0.2, 0.25) is 1.41 Å². The van der Waals surface area contributed by atoms with E-state index >= 15 is 4.39 Å². The first-order valence-corrected chi connectivity index (χ1v) is 11.0. The van der Waals surface area contributed by atoms with E-state index in [9.17, 15) is 14.5 Å². The maximum absolute atomic E-state index is 15.2. The van der Waals surface area contributed by atoms with Gasteiger partial charge in [-0.2, -0.15) is 13.2 Å². The molecular weight excluding hydrogens is 446 g/mol. The normalized spacial score (nSPS) is 39.7. The van der Waals surface area contributed by atoms with Crippen molar-refractivity contribution in [3.05, 3.63) is 59.4 Å². The molecule has 1 N–H and O–H groups in total. The third-order valence-electron chi connectivity index (χ3n) is 5.99. The minimum atomic E-state index is -4.63. The van der Waals surface area contributed by atoms with Gasteiger partial charge in [-0.3, -0.25) is 4.90 Å². The average molecular weight is 488 g/mol. The zero-order valence-corrected chi connectivity index (χ0v) is 18.3. The number of halogens is 4. The summed E-state index contributed by atoms with van der Waals surface area (Å²) in [5.41, 5.74) is -1.13.